The summed E-state index contributed by atoms with van der Waals surface area (Å²) in [5, 5.41) is 11.3. The number of hydrogen-bond donors (Lipinski definition) is 6. The summed E-state index contributed by atoms with van der Waals surface area (Å²) in [4.78, 5) is 19.7. The van der Waals surface area contributed by atoms with E-state index in [-0.39, 0.29) is 18.4 Å². The van der Waals surface area contributed by atoms with E-state index in [0.717, 1.165) is 11.4 Å². The Kier molecular flexibility index (Phi) is 8.40. The van der Waals surface area contributed by atoms with Gasteiger partial charge >= 0.3 is 6.03 Å². The van der Waals surface area contributed by atoms with Crippen molar-refractivity contribution in [3.05, 3.63) is 48.5 Å². The molecular weight excluding hydrogens is 368 g/mol. The Morgan fingerprint density at radius 1 is 0.667 bits per heavy atom. The lowest BCUT2D eigenvalue weighted by Crippen LogP contribution is -2.22. The SMILES string of the molecule is CN=C(N)Nc1ccc(NC(=O)Nc2ccc(NC(N)=NC)cc2)cc1.Cl. The summed E-state index contributed by atoms with van der Waals surface area (Å²) < 4.78 is 0. The number of nitrogens with two attached hydrogens (primary N) is 2. The zero-order chi connectivity index (χ0) is 18.9. The molecule has 0 aliphatic heterocycles. The van der Waals surface area contributed by atoms with Gasteiger partial charge in [0.2, 0.25) is 0 Å². The molecule has 0 radical (unpaired) electrons. The van der Waals surface area contributed by atoms with Crippen LogP contribution in [0.1, 0.15) is 0 Å². The van der Waals surface area contributed by atoms with Crippen LogP contribution in [0.25, 0.3) is 0 Å². The smallest absolute Gasteiger partial charge is 0.323 e. The second-order valence-corrected chi connectivity index (χ2v) is 5.20. The van der Waals surface area contributed by atoms with Crippen molar-refractivity contribution < 1.29 is 4.79 Å². The number of guanidine groups is 2. The highest BCUT2D eigenvalue weighted by atomic mass is 35.5. The molecule has 0 unspecified atom stereocenters. The largest absolute Gasteiger partial charge is 0.370 e. The van der Waals surface area contributed by atoms with Crippen molar-refractivity contribution >= 4 is 53.1 Å². The number of halogens is 1. The second kappa shape index (κ2) is 10.5. The third-order valence-electron chi connectivity index (χ3n) is 3.31. The van der Waals surface area contributed by atoms with Crippen LogP contribution in [-0.2, 0) is 0 Å². The summed E-state index contributed by atoms with van der Waals surface area (Å²) in [5.41, 5.74) is 14.0. The van der Waals surface area contributed by atoms with E-state index in [2.05, 4.69) is 31.3 Å². The molecule has 0 fully saturated rings. The number of carbonyl (C=O) groups is 1. The van der Waals surface area contributed by atoms with E-state index in [4.69, 9.17) is 11.5 Å². The number of nitrogens with zero attached hydrogens (tertiary/aromatic N) is 2. The zero-order valence-corrected chi connectivity index (χ0v) is 15.8. The van der Waals surface area contributed by atoms with Crippen LogP contribution in [-0.4, -0.2) is 32.0 Å². The monoisotopic (exact) mass is 390 g/mol. The van der Waals surface area contributed by atoms with Gasteiger partial charge < -0.3 is 32.7 Å². The summed E-state index contributed by atoms with van der Waals surface area (Å²) in [7, 11) is 3.19. The van der Waals surface area contributed by atoms with Crippen molar-refractivity contribution in [3.63, 3.8) is 0 Å². The fourth-order valence-corrected chi connectivity index (χ4v) is 1.97. The highest BCUT2D eigenvalue weighted by Gasteiger charge is 2.04. The number of hydrogen-bond acceptors (Lipinski definition) is 3. The minimum Gasteiger partial charge on any atom is -0.370 e. The molecule has 0 aliphatic rings. The van der Waals surface area contributed by atoms with E-state index in [0.29, 0.717) is 23.3 Å². The Bertz CT molecular complexity index is 735. The van der Waals surface area contributed by atoms with Gasteiger partial charge in [0.15, 0.2) is 11.9 Å². The number of nitrogens with one attached hydrogen (secondary N) is 4. The molecule has 0 atom stereocenters. The number of amides is 2. The average molecular weight is 391 g/mol. The summed E-state index contributed by atoms with van der Waals surface area (Å²) in [6, 6.07) is 13.8. The number of benzene rings is 2. The Labute approximate surface area is 163 Å². The highest BCUT2D eigenvalue weighted by Crippen LogP contribution is 2.16. The van der Waals surface area contributed by atoms with Gasteiger partial charge in [-0.1, -0.05) is 0 Å². The number of urea groups is 1. The van der Waals surface area contributed by atoms with Crippen LogP contribution in [0.4, 0.5) is 27.5 Å². The maximum atomic E-state index is 12.1. The van der Waals surface area contributed by atoms with Gasteiger partial charge in [0.1, 0.15) is 0 Å². The first-order valence-corrected chi connectivity index (χ1v) is 7.77. The van der Waals surface area contributed by atoms with Crippen molar-refractivity contribution in [1.29, 1.82) is 0 Å². The molecule has 10 heteroatoms. The van der Waals surface area contributed by atoms with E-state index in [9.17, 15) is 4.79 Å². The second-order valence-electron chi connectivity index (χ2n) is 5.20. The van der Waals surface area contributed by atoms with Gasteiger partial charge in [0, 0.05) is 36.8 Å². The van der Waals surface area contributed by atoms with Gasteiger partial charge in [-0.3, -0.25) is 9.98 Å². The predicted octanol–water partition coefficient (Wildman–Crippen LogP) is 2.47. The predicted molar refractivity (Wildman–Crippen MR) is 115 cm³/mol. The van der Waals surface area contributed by atoms with E-state index in [1.165, 1.54) is 0 Å². The van der Waals surface area contributed by atoms with Crippen LogP contribution in [0, 0.1) is 0 Å². The van der Waals surface area contributed by atoms with Crippen molar-refractivity contribution in [2.24, 2.45) is 21.5 Å². The lowest BCUT2D eigenvalue weighted by Gasteiger charge is -2.10. The van der Waals surface area contributed by atoms with Crippen LogP contribution in [0.2, 0.25) is 0 Å². The fraction of sp³-hybridized carbons (Fsp3) is 0.118. The molecular formula is C17H23ClN8O. The van der Waals surface area contributed by atoms with Crippen molar-refractivity contribution in [3.8, 4) is 0 Å². The van der Waals surface area contributed by atoms with E-state index >= 15 is 0 Å². The maximum Gasteiger partial charge on any atom is 0.323 e. The third kappa shape index (κ3) is 7.12. The van der Waals surface area contributed by atoms with Crippen LogP contribution < -0.4 is 32.7 Å². The molecule has 2 aromatic rings. The van der Waals surface area contributed by atoms with E-state index in [1.807, 2.05) is 0 Å². The van der Waals surface area contributed by atoms with Gasteiger partial charge in [-0.15, -0.1) is 12.4 Å². The molecule has 27 heavy (non-hydrogen) atoms. The number of carbonyl (C=O) groups excluding carboxylic acids is 1. The van der Waals surface area contributed by atoms with Crippen LogP contribution in [0.3, 0.4) is 0 Å². The Morgan fingerprint density at radius 2 is 0.926 bits per heavy atom. The fourth-order valence-electron chi connectivity index (χ4n) is 1.97. The molecule has 0 spiro atoms. The van der Waals surface area contributed by atoms with Crippen molar-refractivity contribution in [2.45, 2.75) is 0 Å². The first-order valence-electron chi connectivity index (χ1n) is 7.77. The molecule has 2 aromatic carbocycles. The van der Waals surface area contributed by atoms with Gasteiger partial charge in [-0.2, -0.15) is 0 Å². The molecule has 0 aromatic heterocycles. The molecule has 9 nitrogen and oxygen atoms in total. The summed E-state index contributed by atoms with van der Waals surface area (Å²) >= 11 is 0. The molecule has 0 bridgehead atoms. The van der Waals surface area contributed by atoms with E-state index in [1.54, 1.807) is 62.6 Å². The van der Waals surface area contributed by atoms with Gasteiger partial charge in [-0.25, -0.2) is 4.79 Å². The van der Waals surface area contributed by atoms with Crippen LogP contribution in [0.15, 0.2) is 58.5 Å². The van der Waals surface area contributed by atoms with Crippen LogP contribution in [0.5, 0.6) is 0 Å². The Balaban J connectivity index is 0.00000364. The summed E-state index contributed by atoms with van der Waals surface area (Å²) in [6.07, 6.45) is 0. The van der Waals surface area contributed by atoms with Crippen molar-refractivity contribution in [2.75, 3.05) is 35.4 Å². The molecule has 0 heterocycles. The summed E-state index contributed by atoms with van der Waals surface area (Å²) in [6.45, 7) is 0. The average Bonchev–Trinajstić information content (AvgIpc) is 2.64. The molecule has 0 aliphatic carbocycles. The Hall–Kier alpha value is -3.46. The highest BCUT2D eigenvalue weighted by molar-refractivity contribution is 6.00. The first kappa shape index (κ1) is 21.6. The van der Waals surface area contributed by atoms with Gasteiger partial charge in [0.25, 0.3) is 0 Å². The number of anilines is 4. The lowest BCUT2D eigenvalue weighted by molar-refractivity contribution is 0.262. The minimum absolute atomic E-state index is 0. The number of aliphatic imine (C=N–C) groups is 2. The van der Waals surface area contributed by atoms with Crippen LogP contribution >= 0.6 is 12.4 Å². The first-order chi connectivity index (χ1) is 12.5. The molecule has 0 saturated carbocycles. The van der Waals surface area contributed by atoms with E-state index < -0.39 is 0 Å². The lowest BCUT2D eigenvalue weighted by atomic mass is 10.2. The van der Waals surface area contributed by atoms with Gasteiger partial charge in [0.05, 0.1) is 0 Å². The van der Waals surface area contributed by atoms with Crippen molar-refractivity contribution in [1.82, 2.24) is 0 Å². The third-order valence-corrected chi connectivity index (χ3v) is 3.31. The number of rotatable bonds is 4. The molecule has 2 rings (SSSR count). The topological polar surface area (TPSA) is 142 Å². The molecule has 0 saturated heterocycles. The molecule has 144 valence electrons. The Morgan fingerprint density at radius 3 is 1.19 bits per heavy atom. The molecule has 8 N–H and O–H groups in total. The quantitative estimate of drug-likeness (QED) is 0.351. The van der Waals surface area contributed by atoms with Gasteiger partial charge in [-0.05, 0) is 48.5 Å². The zero-order valence-electron chi connectivity index (χ0n) is 15.0. The minimum atomic E-state index is -0.351. The standard InChI is InChI=1S/C17H22N8O.ClH/c1-20-15(18)22-11-3-7-13(8-4-11)24-17(26)25-14-9-5-12(6-10-14)23-16(19)21-2;/h3-10H,1-2H3,(H3,18,20,22)(H3,19,21,23)(H2,24,25,26);1H. The summed E-state index contributed by atoms with van der Waals surface area (Å²) in [5.74, 6) is 0.627. The normalized spacial score (nSPS) is 11.2. The molecule has 2 amide bonds. The maximum absolute atomic E-state index is 12.1.